The van der Waals surface area contributed by atoms with Gasteiger partial charge in [-0.15, -0.1) is 0 Å². The zero-order chi connectivity index (χ0) is 14.8. The Balaban J connectivity index is 2.60. The lowest BCUT2D eigenvalue weighted by Gasteiger charge is -2.17. The molecule has 0 aliphatic heterocycles. The van der Waals surface area contributed by atoms with E-state index in [1.807, 2.05) is 6.07 Å². The second-order valence-electron chi connectivity index (χ2n) is 4.34. The van der Waals surface area contributed by atoms with Crippen LogP contribution in [-0.4, -0.2) is 18.2 Å². The van der Waals surface area contributed by atoms with Crippen molar-refractivity contribution in [3.05, 3.63) is 48.6 Å². The molecule has 0 aromatic heterocycles. The van der Waals surface area contributed by atoms with E-state index in [2.05, 4.69) is 13.5 Å². The lowest BCUT2D eigenvalue weighted by molar-refractivity contribution is -0.163. The summed E-state index contributed by atoms with van der Waals surface area (Å²) >= 11 is 0. The highest BCUT2D eigenvalue weighted by Gasteiger charge is 2.18. The summed E-state index contributed by atoms with van der Waals surface area (Å²) in [7, 11) is 0. The van der Waals surface area contributed by atoms with Gasteiger partial charge in [0.1, 0.15) is 0 Å². The van der Waals surface area contributed by atoms with Crippen molar-refractivity contribution >= 4 is 11.9 Å². The van der Waals surface area contributed by atoms with Gasteiger partial charge in [-0.2, -0.15) is 0 Å². The number of benzene rings is 1. The molecule has 4 heteroatoms. The van der Waals surface area contributed by atoms with Crippen LogP contribution in [0.4, 0.5) is 0 Å². The molecule has 0 saturated carbocycles. The molecule has 0 amide bonds. The average Bonchev–Trinajstić information content (AvgIpc) is 2.48. The molecule has 0 heterocycles. The molecular formula is C16H20O4. The number of ether oxygens (including phenoxy) is 2. The number of rotatable bonds is 8. The lowest BCUT2D eigenvalue weighted by atomic mass is 10.2. The highest BCUT2D eigenvalue weighted by atomic mass is 16.7. The molecule has 0 aliphatic carbocycles. The summed E-state index contributed by atoms with van der Waals surface area (Å²) in [4.78, 5) is 23.2. The Kier molecular flexibility index (Phi) is 7.11. The van der Waals surface area contributed by atoms with Gasteiger partial charge in [0.2, 0.25) is 6.29 Å². The van der Waals surface area contributed by atoms with Crippen molar-refractivity contribution < 1.29 is 19.1 Å². The summed E-state index contributed by atoms with van der Waals surface area (Å²) < 4.78 is 10.3. The first-order valence-corrected chi connectivity index (χ1v) is 6.76. The third-order valence-electron chi connectivity index (χ3n) is 2.71. The zero-order valence-corrected chi connectivity index (χ0v) is 11.7. The SMILES string of the molecule is C=CC(=O)OC(CCCCC)OC(=O)c1ccccc1. The summed E-state index contributed by atoms with van der Waals surface area (Å²) in [5.74, 6) is -1.09. The zero-order valence-electron chi connectivity index (χ0n) is 11.7. The van der Waals surface area contributed by atoms with Gasteiger partial charge < -0.3 is 9.47 Å². The number of unbranched alkanes of at least 4 members (excludes halogenated alkanes) is 2. The molecule has 0 saturated heterocycles. The molecule has 1 aromatic carbocycles. The lowest BCUT2D eigenvalue weighted by Crippen LogP contribution is -2.24. The first-order valence-electron chi connectivity index (χ1n) is 6.76. The van der Waals surface area contributed by atoms with Crippen molar-refractivity contribution in [3.8, 4) is 0 Å². The Bertz CT molecular complexity index is 439. The quantitative estimate of drug-likeness (QED) is 0.316. The summed E-state index contributed by atoms with van der Waals surface area (Å²) in [6.07, 6.45) is 3.54. The van der Waals surface area contributed by atoms with Crippen LogP contribution in [0.15, 0.2) is 43.0 Å². The number of esters is 2. The maximum atomic E-state index is 11.9. The van der Waals surface area contributed by atoms with Crippen LogP contribution in [0, 0.1) is 0 Å². The number of hydrogen-bond donors (Lipinski definition) is 0. The molecule has 1 rings (SSSR count). The second-order valence-corrected chi connectivity index (χ2v) is 4.34. The van der Waals surface area contributed by atoms with Gasteiger partial charge in [-0.3, -0.25) is 0 Å². The van der Waals surface area contributed by atoms with Crippen LogP contribution >= 0.6 is 0 Å². The van der Waals surface area contributed by atoms with Crippen molar-refractivity contribution in [2.45, 2.75) is 38.9 Å². The minimum absolute atomic E-state index is 0.433. The van der Waals surface area contributed by atoms with Gasteiger partial charge in [-0.1, -0.05) is 44.5 Å². The Labute approximate surface area is 119 Å². The highest BCUT2D eigenvalue weighted by Crippen LogP contribution is 2.12. The number of hydrogen-bond acceptors (Lipinski definition) is 4. The summed E-state index contributed by atoms with van der Waals surface area (Å²) in [5.41, 5.74) is 0.433. The van der Waals surface area contributed by atoms with E-state index >= 15 is 0 Å². The largest absolute Gasteiger partial charge is 0.422 e. The van der Waals surface area contributed by atoms with E-state index in [0.717, 1.165) is 25.3 Å². The van der Waals surface area contributed by atoms with Gasteiger partial charge in [-0.05, 0) is 18.6 Å². The van der Waals surface area contributed by atoms with Crippen LogP contribution in [0.5, 0.6) is 0 Å². The molecule has 0 radical (unpaired) electrons. The maximum absolute atomic E-state index is 11.9. The van der Waals surface area contributed by atoms with Crippen LogP contribution in [-0.2, 0) is 14.3 Å². The van der Waals surface area contributed by atoms with Crippen LogP contribution in [0.3, 0.4) is 0 Å². The minimum Gasteiger partial charge on any atom is -0.422 e. The van der Waals surface area contributed by atoms with Gasteiger partial charge in [0, 0.05) is 12.5 Å². The van der Waals surface area contributed by atoms with E-state index in [0.29, 0.717) is 12.0 Å². The van der Waals surface area contributed by atoms with E-state index in [9.17, 15) is 9.59 Å². The first-order chi connectivity index (χ1) is 9.67. The molecular weight excluding hydrogens is 256 g/mol. The van der Waals surface area contributed by atoms with E-state index in [-0.39, 0.29) is 0 Å². The van der Waals surface area contributed by atoms with Crippen molar-refractivity contribution in [2.75, 3.05) is 0 Å². The van der Waals surface area contributed by atoms with Gasteiger partial charge in [-0.25, -0.2) is 9.59 Å². The van der Waals surface area contributed by atoms with Crippen LogP contribution in [0.2, 0.25) is 0 Å². The summed E-state index contributed by atoms with van der Waals surface area (Å²) in [5, 5.41) is 0. The Morgan fingerprint density at radius 1 is 1.20 bits per heavy atom. The fourth-order valence-corrected chi connectivity index (χ4v) is 1.64. The Morgan fingerprint density at radius 3 is 2.50 bits per heavy atom. The minimum atomic E-state index is -0.861. The standard InChI is InChI=1S/C16H20O4/c1-3-5-7-12-15(19-14(17)4-2)20-16(18)13-10-8-6-9-11-13/h4,6,8-11,15H,2-3,5,7,12H2,1H3. The Hall–Kier alpha value is -2.10. The summed E-state index contributed by atoms with van der Waals surface area (Å²) in [6.45, 7) is 5.40. The van der Waals surface area contributed by atoms with Gasteiger partial charge in [0.25, 0.3) is 0 Å². The van der Waals surface area contributed by atoms with E-state index in [1.165, 1.54) is 0 Å². The molecule has 0 aliphatic rings. The maximum Gasteiger partial charge on any atom is 0.341 e. The molecule has 1 aromatic rings. The molecule has 108 valence electrons. The van der Waals surface area contributed by atoms with Crippen molar-refractivity contribution in [2.24, 2.45) is 0 Å². The predicted octanol–water partition coefficient (Wildman–Crippen LogP) is 3.48. The van der Waals surface area contributed by atoms with Gasteiger partial charge in [0.05, 0.1) is 5.56 Å². The third-order valence-corrected chi connectivity index (χ3v) is 2.71. The molecule has 0 fully saturated rings. The first kappa shape index (κ1) is 16.0. The van der Waals surface area contributed by atoms with E-state index < -0.39 is 18.2 Å². The smallest absolute Gasteiger partial charge is 0.341 e. The number of carbonyl (C=O) groups is 2. The predicted molar refractivity (Wildman–Crippen MR) is 76.1 cm³/mol. The molecule has 4 nitrogen and oxygen atoms in total. The van der Waals surface area contributed by atoms with Crippen molar-refractivity contribution in [1.82, 2.24) is 0 Å². The topological polar surface area (TPSA) is 52.6 Å². The average molecular weight is 276 g/mol. The monoisotopic (exact) mass is 276 g/mol. The molecule has 0 bridgehead atoms. The molecule has 20 heavy (non-hydrogen) atoms. The van der Waals surface area contributed by atoms with Gasteiger partial charge >= 0.3 is 11.9 Å². The fraction of sp³-hybridized carbons (Fsp3) is 0.375. The third kappa shape index (κ3) is 5.69. The molecule has 0 N–H and O–H groups in total. The fourth-order valence-electron chi connectivity index (χ4n) is 1.64. The van der Waals surface area contributed by atoms with E-state index in [4.69, 9.17) is 9.47 Å². The van der Waals surface area contributed by atoms with Crippen LogP contribution < -0.4 is 0 Å². The van der Waals surface area contributed by atoms with Gasteiger partial charge in [0.15, 0.2) is 0 Å². The molecule has 1 atom stereocenters. The Morgan fingerprint density at radius 2 is 1.90 bits per heavy atom. The van der Waals surface area contributed by atoms with Crippen molar-refractivity contribution in [1.29, 1.82) is 0 Å². The van der Waals surface area contributed by atoms with Crippen LogP contribution in [0.1, 0.15) is 43.0 Å². The second kappa shape index (κ2) is 8.91. The molecule has 1 unspecified atom stereocenters. The van der Waals surface area contributed by atoms with E-state index in [1.54, 1.807) is 24.3 Å². The van der Waals surface area contributed by atoms with Crippen molar-refractivity contribution in [3.63, 3.8) is 0 Å². The highest BCUT2D eigenvalue weighted by molar-refractivity contribution is 5.89. The van der Waals surface area contributed by atoms with Crippen LogP contribution in [0.25, 0.3) is 0 Å². The normalized spacial score (nSPS) is 11.4. The molecule has 0 spiro atoms. The number of carbonyl (C=O) groups excluding carboxylic acids is 2. The summed E-state index contributed by atoms with van der Waals surface area (Å²) in [6, 6.07) is 8.62.